The van der Waals surface area contributed by atoms with Crippen LogP contribution in [0, 0.1) is 0 Å². The fraction of sp³-hybridized carbons (Fsp3) is 0.0667. The van der Waals surface area contributed by atoms with E-state index in [1.54, 1.807) is 18.2 Å². The largest absolute Gasteiger partial charge is 1.00 e. The van der Waals surface area contributed by atoms with E-state index in [0.29, 0.717) is 12.4 Å². The fourth-order valence-electron chi connectivity index (χ4n) is 1.62. The van der Waals surface area contributed by atoms with Crippen molar-refractivity contribution in [2.75, 3.05) is 0 Å². The van der Waals surface area contributed by atoms with Crippen LogP contribution in [0.5, 0.6) is 5.75 Å². The van der Waals surface area contributed by atoms with Crippen LogP contribution in [0.4, 0.5) is 0 Å². The second-order valence-electron chi connectivity index (χ2n) is 4.16. The van der Waals surface area contributed by atoms with E-state index in [-0.39, 0.29) is 34.5 Å². The third kappa shape index (κ3) is 5.30. The summed E-state index contributed by atoms with van der Waals surface area (Å²) >= 11 is 0. The van der Waals surface area contributed by atoms with Gasteiger partial charge in [-0.05, 0) is 35.4 Å². The molecule has 0 aliphatic carbocycles. The zero-order valence-electron chi connectivity index (χ0n) is 11.7. The summed E-state index contributed by atoms with van der Waals surface area (Å²) in [5.41, 5.74) is 1.78. The van der Waals surface area contributed by atoms with Crippen LogP contribution >= 0.6 is 0 Å². The monoisotopic (exact) mass is 312 g/mol. The van der Waals surface area contributed by atoms with Crippen molar-refractivity contribution in [3.63, 3.8) is 0 Å². The van der Waals surface area contributed by atoms with Crippen molar-refractivity contribution in [1.29, 1.82) is 0 Å². The normalized spacial score (nSPS) is 10.5. The fourth-order valence-corrected chi connectivity index (χ4v) is 2.09. The van der Waals surface area contributed by atoms with Gasteiger partial charge in [0.2, 0.25) is 0 Å². The Balaban J connectivity index is 0.00000220. The van der Waals surface area contributed by atoms with Gasteiger partial charge in [-0.3, -0.25) is 0 Å². The van der Waals surface area contributed by atoms with Gasteiger partial charge in [0, 0.05) is 0 Å². The molecular formula is C15H13NaO4S. The maximum atomic E-state index is 10.8. The summed E-state index contributed by atoms with van der Waals surface area (Å²) in [4.78, 5) is -0.239. The topological polar surface area (TPSA) is 66.4 Å². The van der Waals surface area contributed by atoms with Gasteiger partial charge >= 0.3 is 29.6 Å². The summed E-state index contributed by atoms with van der Waals surface area (Å²) < 4.78 is 37.9. The molecule has 0 unspecified atom stereocenters. The Bertz CT molecular complexity index is 691. The Labute approximate surface area is 146 Å². The summed E-state index contributed by atoms with van der Waals surface area (Å²) in [6.07, 6.45) is 1.74. The van der Waals surface area contributed by atoms with E-state index in [1.165, 1.54) is 12.1 Å². The number of rotatable bonds is 5. The van der Waals surface area contributed by atoms with Gasteiger partial charge in [-0.1, -0.05) is 36.9 Å². The van der Waals surface area contributed by atoms with Crippen LogP contribution < -0.4 is 34.3 Å². The SMILES string of the molecule is C=Cc1ccc(OCc2ccc(S(=O)(=O)[O-])cc2)cc1.[Na+]. The van der Waals surface area contributed by atoms with Gasteiger partial charge in [-0.2, -0.15) is 0 Å². The number of hydrogen-bond donors (Lipinski definition) is 0. The minimum Gasteiger partial charge on any atom is -0.744 e. The van der Waals surface area contributed by atoms with E-state index in [2.05, 4.69) is 6.58 Å². The zero-order valence-corrected chi connectivity index (χ0v) is 14.5. The molecule has 0 saturated heterocycles. The van der Waals surface area contributed by atoms with Crippen LogP contribution in [0.2, 0.25) is 0 Å². The van der Waals surface area contributed by atoms with Gasteiger partial charge in [-0.15, -0.1) is 0 Å². The van der Waals surface area contributed by atoms with Crippen molar-refractivity contribution in [3.8, 4) is 5.75 Å². The Kier molecular flexibility index (Phi) is 6.64. The van der Waals surface area contributed by atoms with Gasteiger partial charge in [0.15, 0.2) is 0 Å². The number of benzene rings is 2. The molecule has 2 rings (SSSR count). The molecule has 21 heavy (non-hydrogen) atoms. The second kappa shape index (κ2) is 7.77. The second-order valence-corrected chi connectivity index (χ2v) is 5.54. The molecule has 4 nitrogen and oxygen atoms in total. The molecule has 0 aromatic heterocycles. The Morgan fingerprint density at radius 1 is 1.05 bits per heavy atom. The average molecular weight is 312 g/mol. The Hall–Kier alpha value is -1.11. The van der Waals surface area contributed by atoms with Crippen molar-refractivity contribution in [3.05, 3.63) is 66.2 Å². The summed E-state index contributed by atoms with van der Waals surface area (Å²) in [6, 6.07) is 13.1. The maximum absolute atomic E-state index is 10.8. The molecule has 0 fully saturated rings. The smallest absolute Gasteiger partial charge is 0.744 e. The van der Waals surface area contributed by atoms with E-state index in [1.807, 2.05) is 24.3 Å². The molecule has 0 spiro atoms. The summed E-state index contributed by atoms with van der Waals surface area (Å²) in [7, 11) is -4.39. The molecule has 0 aliphatic heterocycles. The summed E-state index contributed by atoms with van der Waals surface area (Å²) in [5.74, 6) is 0.705. The van der Waals surface area contributed by atoms with Gasteiger partial charge in [-0.25, -0.2) is 8.42 Å². The molecule has 0 heterocycles. The molecule has 0 saturated carbocycles. The van der Waals surface area contributed by atoms with Crippen LogP contribution in [0.3, 0.4) is 0 Å². The molecule has 0 bridgehead atoms. The summed E-state index contributed by atoms with van der Waals surface area (Å²) in [5, 5.41) is 0. The van der Waals surface area contributed by atoms with E-state index in [0.717, 1.165) is 11.1 Å². The molecular weight excluding hydrogens is 299 g/mol. The van der Waals surface area contributed by atoms with Gasteiger partial charge in [0.05, 0.1) is 4.90 Å². The molecule has 0 atom stereocenters. The number of hydrogen-bond acceptors (Lipinski definition) is 4. The first-order valence-electron chi connectivity index (χ1n) is 5.89. The van der Waals surface area contributed by atoms with Crippen molar-refractivity contribution in [1.82, 2.24) is 0 Å². The minimum atomic E-state index is -4.39. The van der Waals surface area contributed by atoms with E-state index < -0.39 is 10.1 Å². The Morgan fingerprint density at radius 3 is 2.10 bits per heavy atom. The molecule has 6 heteroatoms. The molecule has 0 amide bonds. The molecule has 0 N–H and O–H groups in total. The first-order valence-corrected chi connectivity index (χ1v) is 7.30. The van der Waals surface area contributed by atoms with Crippen molar-refractivity contribution in [2.45, 2.75) is 11.5 Å². The standard InChI is InChI=1S/C15H14O4S.Na/c1-2-12-3-7-14(8-4-12)19-11-13-5-9-15(10-6-13)20(16,17)18;/h2-10H,1,11H2,(H,16,17,18);/q;+1/p-1. The first-order chi connectivity index (χ1) is 9.49. The van der Waals surface area contributed by atoms with Gasteiger partial charge in [0.1, 0.15) is 22.5 Å². The van der Waals surface area contributed by atoms with Crippen LogP contribution in [0.15, 0.2) is 60.0 Å². The van der Waals surface area contributed by atoms with E-state index >= 15 is 0 Å². The van der Waals surface area contributed by atoms with Crippen LogP contribution in [-0.4, -0.2) is 13.0 Å². The van der Waals surface area contributed by atoms with E-state index in [4.69, 9.17) is 4.74 Å². The zero-order chi connectivity index (χ0) is 14.6. The van der Waals surface area contributed by atoms with Crippen molar-refractivity contribution >= 4 is 16.2 Å². The molecule has 0 aliphatic rings. The molecule has 2 aromatic carbocycles. The van der Waals surface area contributed by atoms with Gasteiger partial charge < -0.3 is 9.29 Å². The first kappa shape index (κ1) is 17.9. The Morgan fingerprint density at radius 2 is 1.62 bits per heavy atom. The predicted molar refractivity (Wildman–Crippen MR) is 75.3 cm³/mol. The number of ether oxygens (including phenoxy) is 1. The third-order valence-corrected chi connectivity index (χ3v) is 3.58. The van der Waals surface area contributed by atoms with Gasteiger partial charge in [0.25, 0.3) is 0 Å². The average Bonchev–Trinajstić information content (AvgIpc) is 2.45. The van der Waals surface area contributed by atoms with E-state index in [9.17, 15) is 13.0 Å². The molecule has 2 aromatic rings. The molecule has 0 radical (unpaired) electrons. The van der Waals surface area contributed by atoms with Crippen molar-refractivity contribution in [2.24, 2.45) is 0 Å². The quantitative estimate of drug-likeness (QED) is 0.567. The minimum absolute atomic E-state index is 0. The third-order valence-electron chi connectivity index (χ3n) is 2.73. The van der Waals surface area contributed by atoms with Crippen LogP contribution in [-0.2, 0) is 16.7 Å². The summed E-state index contributed by atoms with van der Waals surface area (Å²) in [6.45, 7) is 3.97. The molecule has 104 valence electrons. The van der Waals surface area contributed by atoms with Crippen LogP contribution in [0.1, 0.15) is 11.1 Å². The van der Waals surface area contributed by atoms with Crippen molar-refractivity contribution < 1.29 is 47.3 Å². The van der Waals surface area contributed by atoms with Crippen LogP contribution in [0.25, 0.3) is 6.08 Å². The predicted octanol–water partition coefficient (Wildman–Crippen LogP) is -0.183. The maximum Gasteiger partial charge on any atom is 1.00 e.